The number of aliphatic hydroxyl groups is 1. The highest BCUT2D eigenvalue weighted by atomic mass is 16.3. The molecule has 1 saturated carbocycles. The van der Waals surface area contributed by atoms with Crippen molar-refractivity contribution in [3.05, 3.63) is 0 Å². The third-order valence-electron chi connectivity index (χ3n) is 3.02. The summed E-state index contributed by atoms with van der Waals surface area (Å²) >= 11 is 0. The van der Waals surface area contributed by atoms with Gasteiger partial charge in [-0.3, -0.25) is 0 Å². The Balaban J connectivity index is 2.03. The maximum atomic E-state index is 9.21. The van der Waals surface area contributed by atoms with Crippen molar-refractivity contribution >= 4 is 0 Å². The molecule has 0 heterocycles. The molecule has 0 bridgehead atoms. The summed E-state index contributed by atoms with van der Waals surface area (Å²) in [6.45, 7) is 4.76. The summed E-state index contributed by atoms with van der Waals surface area (Å²) in [6.07, 6.45) is 6.18. The summed E-state index contributed by atoms with van der Waals surface area (Å²) in [5, 5.41) is 12.7. The number of rotatable bonds is 9. The number of hydrogen-bond acceptors (Lipinski definition) is 3. The molecule has 1 rings (SSSR count). The van der Waals surface area contributed by atoms with Crippen LogP contribution >= 0.6 is 0 Å². The molecule has 1 atom stereocenters. The van der Waals surface area contributed by atoms with Crippen molar-refractivity contribution in [1.29, 1.82) is 0 Å². The summed E-state index contributed by atoms with van der Waals surface area (Å²) in [6, 6.07) is 1.00. The van der Waals surface area contributed by atoms with Crippen LogP contribution in [0.2, 0.25) is 0 Å². The van der Waals surface area contributed by atoms with E-state index in [1.165, 1.54) is 32.2 Å². The molecule has 90 valence electrons. The minimum atomic E-state index is 0.276. The molecule has 0 aromatic heterocycles. The number of hydrogen-bond donors (Lipinski definition) is 2. The lowest BCUT2D eigenvalue weighted by Crippen LogP contribution is -2.37. The van der Waals surface area contributed by atoms with E-state index in [0.29, 0.717) is 12.1 Å². The second kappa shape index (κ2) is 7.20. The maximum absolute atomic E-state index is 9.21. The van der Waals surface area contributed by atoms with E-state index in [1.54, 1.807) is 0 Å². The topological polar surface area (TPSA) is 35.5 Å². The van der Waals surface area contributed by atoms with Crippen molar-refractivity contribution in [2.24, 2.45) is 0 Å². The van der Waals surface area contributed by atoms with Gasteiger partial charge in [-0.15, -0.1) is 0 Å². The fraction of sp³-hybridized carbons (Fsp3) is 1.00. The Labute approximate surface area is 93.9 Å². The van der Waals surface area contributed by atoms with E-state index in [0.717, 1.165) is 13.0 Å². The first-order valence-corrected chi connectivity index (χ1v) is 6.31. The Morgan fingerprint density at radius 3 is 2.67 bits per heavy atom. The normalized spacial score (nSPS) is 18.4. The molecule has 15 heavy (non-hydrogen) atoms. The zero-order valence-electron chi connectivity index (χ0n) is 10.2. The first-order chi connectivity index (χ1) is 7.26. The van der Waals surface area contributed by atoms with Gasteiger partial charge in [0, 0.05) is 12.1 Å². The maximum Gasteiger partial charge on any atom is 0.0585 e. The molecule has 1 aliphatic carbocycles. The van der Waals surface area contributed by atoms with Crippen LogP contribution in [0, 0.1) is 0 Å². The van der Waals surface area contributed by atoms with E-state index in [4.69, 9.17) is 0 Å². The van der Waals surface area contributed by atoms with Gasteiger partial charge in [0.25, 0.3) is 0 Å². The van der Waals surface area contributed by atoms with Gasteiger partial charge in [0.2, 0.25) is 0 Å². The molecule has 0 aromatic carbocycles. The molecule has 0 spiro atoms. The van der Waals surface area contributed by atoms with E-state index in [1.807, 2.05) is 0 Å². The van der Waals surface area contributed by atoms with Gasteiger partial charge < -0.3 is 15.3 Å². The van der Waals surface area contributed by atoms with Gasteiger partial charge in [-0.25, -0.2) is 0 Å². The van der Waals surface area contributed by atoms with E-state index >= 15 is 0 Å². The Kier molecular flexibility index (Phi) is 6.22. The van der Waals surface area contributed by atoms with Crippen molar-refractivity contribution in [2.45, 2.75) is 51.1 Å². The van der Waals surface area contributed by atoms with Crippen LogP contribution in [0.5, 0.6) is 0 Å². The molecular weight excluding hydrogens is 188 g/mol. The van der Waals surface area contributed by atoms with E-state index in [2.05, 4.69) is 24.2 Å². The van der Waals surface area contributed by atoms with Crippen molar-refractivity contribution in [1.82, 2.24) is 10.2 Å². The largest absolute Gasteiger partial charge is 0.395 e. The van der Waals surface area contributed by atoms with Gasteiger partial charge in [0.15, 0.2) is 0 Å². The van der Waals surface area contributed by atoms with Gasteiger partial charge in [0.05, 0.1) is 6.61 Å². The third kappa shape index (κ3) is 6.13. The van der Waals surface area contributed by atoms with Crippen LogP contribution in [0.15, 0.2) is 0 Å². The average molecular weight is 214 g/mol. The lowest BCUT2D eigenvalue weighted by Gasteiger charge is -2.21. The molecule has 0 aliphatic heterocycles. The zero-order chi connectivity index (χ0) is 11.1. The van der Waals surface area contributed by atoms with Crippen LogP contribution < -0.4 is 5.32 Å². The van der Waals surface area contributed by atoms with Crippen molar-refractivity contribution < 1.29 is 5.11 Å². The summed E-state index contributed by atoms with van der Waals surface area (Å²) < 4.78 is 0. The monoisotopic (exact) mass is 214 g/mol. The first kappa shape index (κ1) is 12.9. The van der Waals surface area contributed by atoms with E-state index in [9.17, 15) is 5.11 Å². The van der Waals surface area contributed by atoms with Crippen LogP contribution in [-0.4, -0.2) is 48.8 Å². The molecule has 3 heteroatoms. The highest BCUT2D eigenvalue weighted by Crippen LogP contribution is 2.19. The molecule has 1 fully saturated rings. The first-order valence-electron chi connectivity index (χ1n) is 6.31. The summed E-state index contributed by atoms with van der Waals surface area (Å²) in [5.74, 6) is 0. The Morgan fingerprint density at radius 1 is 1.40 bits per heavy atom. The molecule has 3 nitrogen and oxygen atoms in total. The molecule has 1 unspecified atom stereocenters. The number of aliphatic hydroxyl groups excluding tert-OH is 1. The quantitative estimate of drug-likeness (QED) is 0.606. The highest BCUT2D eigenvalue weighted by molar-refractivity contribution is 4.84. The molecule has 0 amide bonds. The SMILES string of the molecule is CCCCN(C)CCC(CO)NC1CC1. The van der Waals surface area contributed by atoms with Crippen LogP contribution in [-0.2, 0) is 0 Å². The predicted octanol–water partition coefficient (Wildman–Crippen LogP) is 1.22. The minimum Gasteiger partial charge on any atom is -0.395 e. The molecule has 0 aromatic rings. The van der Waals surface area contributed by atoms with Crippen molar-refractivity contribution in [2.75, 3.05) is 26.7 Å². The second-order valence-electron chi connectivity index (χ2n) is 4.77. The second-order valence-corrected chi connectivity index (χ2v) is 4.77. The zero-order valence-corrected chi connectivity index (χ0v) is 10.2. The molecule has 0 saturated heterocycles. The number of nitrogens with zero attached hydrogens (tertiary/aromatic N) is 1. The number of nitrogens with one attached hydrogen (secondary N) is 1. The Hall–Kier alpha value is -0.120. The Morgan fingerprint density at radius 2 is 2.13 bits per heavy atom. The van der Waals surface area contributed by atoms with Gasteiger partial charge >= 0.3 is 0 Å². The van der Waals surface area contributed by atoms with Gasteiger partial charge in [-0.1, -0.05) is 13.3 Å². The standard InChI is InChI=1S/C12H26N2O/c1-3-4-8-14(2)9-7-12(10-15)13-11-5-6-11/h11-13,15H,3-10H2,1-2H3. The Bertz CT molecular complexity index is 160. The van der Waals surface area contributed by atoms with Gasteiger partial charge in [-0.05, 0) is 45.8 Å². The van der Waals surface area contributed by atoms with Crippen molar-refractivity contribution in [3.8, 4) is 0 Å². The fourth-order valence-corrected chi connectivity index (χ4v) is 1.73. The van der Waals surface area contributed by atoms with E-state index < -0.39 is 0 Å². The molecule has 2 N–H and O–H groups in total. The summed E-state index contributed by atoms with van der Waals surface area (Å²) in [4.78, 5) is 2.36. The van der Waals surface area contributed by atoms with E-state index in [-0.39, 0.29) is 6.61 Å². The summed E-state index contributed by atoms with van der Waals surface area (Å²) in [7, 11) is 2.17. The van der Waals surface area contributed by atoms with Crippen molar-refractivity contribution in [3.63, 3.8) is 0 Å². The number of unbranched alkanes of at least 4 members (excludes halogenated alkanes) is 1. The van der Waals surface area contributed by atoms with Crippen LogP contribution in [0.25, 0.3) is 0 Å². The summed E-state index contributed by atoms with van der Waals surface area (Å²) in [5.41, 5.74) is 0. The highest BCUT2D eigenvalue weighted by Gasteiger charge is 2.23. The van der Waals surface area contributed by atoms with Gasteiger partial charge in [-0.2, -0.15) is 0 Å². The molecule has 0 radical (unpaired) electrons. The van der Waals surface area contributed by atoms with Gasteiger partial charge in [0.1, 0.15) is 0 Å². The fourth-order valence-electron chi connectivity index (χ4n) is 1.73. The van der Waals surface area contributed by atoms with Crippen LogP contribution in [0.4, 0.5) is 0 Å². The average Bonchev–Trinajstić information content (AvgIpc) is 3.04. The smallest absolute Gasteiger partial charge is 0.0585 e. The molecular formula is C12H26N2O. The minimum absolute atomic E-state index is 0.276. The van der Waals surface area contributed by atoms with Crippen LogP contribution in [0.1, 0.15) is 39.0 Å². The van der Waals surface area contributed by atoms with Crippen LogP contribution in [0.3, 0.4) is 0 Å². The third-order valence-corrected chi connectivity index (χ3v) is 3.02. The lowest BCUT2D eigenvalue weighted by atomic mass is 10.2. The lowest BCUT2D eigenvalue weighted by molar-refractivity contribution is 0.215. The predicted molar refractivity (Wildman–Crippen MR) is 64.1 cm³/mol. The molecule has 1 aliphatic rings.